The van der Waals surface area contributed by atoms with Crippen LogP contribution in [0.2, 0.25) is 0 Å². The first-order valence-electron chi connectivity index (χ1n) is 8.28. The van der Waals surface area contributed by atoms with Crippen LogP contribution in [0.5, 0.6) is 0 Å². The van der Waals surface area contributed by atoms with Crippen molar-refractivity contribution in [3.63, 3.8) is 0 Å². The lowest BCUT2D eigenvalue weighted by Crippen LogP contribution is -2.51. The first kappa shape index (κ1) is 19.2. The van der Waals surface area contributed by atoms with Crippen molar-refractivity contribution in [2.45, 2.75) is 58.5 Å². The molecule has 2 fully saturated rings. The SMILES string of the molecule is CC(C)NC(=O)C1CCCC(NC(=O)C(C)C2CNC2)C1.Cl. The maximum atomic E-state index is 12.3. The van der Waals surface area contributed by atoms with Crippen LogP contribution in [0.1, 0.15) is 46.5 Å². The highest BCUT2D eigenvalue weighted by atomic mass is 35.5. The minimum absolute atomic E-state index is 0. The summed E-state index contributed by atoms with van der Waals surface area (Å²) in [7, 11) is 0. The lowest BCUT2D eigenvalue weighted by Gasteiger charge is -2.34. The molecular formula is C16H30ClN3O2. The van der Waals surface area contributed by atoms with Gasteiger partial charge in [-0.1, -0.05) is 13.3 Å². The average Bonchev–Trinajstić information content (AvgIpc) is 2.36. The second-order valence-electron chi connectivity index (χ2n) is 6.94. The highest BCUT2D eigenvalue weighted by molar-refractivity contribution is 5.85. The molecule has 1 heterocycles. The largest absolute Gasteiger partial charge is 0.354 e. The maximum absolute atomic E-state index is 12.3. The monoisotopic (exact) mass is 331 g/mol. The van der Waals surface area contributed by atoms with E-state index in [0.717, 1.165) is 38.8 Å². The highest BCUT2D eigenvalue weighted by Gasteiger charge is 2.32. The van der Waals surface area contributed by atoms with Gasteiger partial charge in [-0.25, -0.2) is 0 Å². The Bertz CT molecular complexity index is 386. The topological polar surface area (TPSA) is 70.2 Å². The van der Waals surface area contributed by atoms with Crippen LogP contribution >= 0.6 is 12.4 Å². The number of hydrogen-bond donors (Lipinski definition) is 3. The maximum Gasteiger partial charge on any atom is 0.223 e. The number of amides is 2. The molecule has 0 aromatic rings. The molecule has 0 bridgehead atoms. The Labute approximate surface area is 139 Å². The number of hydrogen-bond acceptors (Lipinski definition) is 3. The number of rotatable bonds is 5. The number of carbonyl (C=O) groups excluding carboxylic acids is 2. The lowest BCUT2D eigenvalue weighted by atomic mass is 9.83. The van der Waals surface area contributed by atoms with Crippen molar-refractivity contribution in [1.29, 1.82) is 0 Å². The Morgan fingerprint density at radius 2 is 1.82 bits per heavy atom. The molecule has 3 atom stereocenters. The van der Waals surface area contributed by atoms with E-state index in [2.05, 4.69) is 16.0 Å². The summed E-state index contributed by atoms with van der Waals surface area (Å²) in [6, 6.07) is 0.336. The predicted molar refractivity (Wildman–Crippen MR) is 89.9 cm³/mol. The van der Waals surface area contributed by atoms with Crippen LogP contribution in [0, 0.1) is 17.8 Å². The van der Waals surface area contributed by atoms with Gasteiger partial charge in [-0.3, -0.25) is 9.59 Å². The molecule has 22 heavy (non-hydrogen) atoms. The smallest absolute Gasteiger partial charge is 0.223 e. The van der Waals surface area contributed by atoms with Gasteiger partial charge in [0.1, 0.15) is 0 Å². The Balaban J connectivity index is 0.00000242. The summed E-state index contributed by atoms with van der Waals surface area (Å²) < 4.78 is 0. The Morgan fingerprint density at radius 3 is 2.36 bits per heavy atom. The molecular weight excluding hydrogens is 302 g/mol. The third-order valence-corrected chi connectivity index (χ3v) is 4.76. The van der Waals surface area contributed by atoms with Crippen molar-refractivity contribution in [2.24, 2.45) is 17.8 Å². The van der Waals surface area contributed by atoms with Crippen LogP contribution in [0.4, 0.5) is 0 Å². The third kappa shape index (κ3) is 5.13. The fraction of sp³-hybridized carbons (Fsp3) is 0.875. The summed E-state index contributed by atoms with van der Waals surface area (Å²) in [5, 5.41) is 9.35. The minimum Gasteiger partial charge on any atom is -0.354 e. The standard InChI is InChI=1S/C16H29N3O2.ClH/c1-10(2)18-16(21)12-5-4-6-14(7-12)19-15(20)11(3)13-8-17-9-13;/h10-14,17H,4-9H2,1-3H3,(H,18,21)(H,19,20);1H. The molecule has 2 amide bonds. The number of nitrogens with one attached hydrogen (secondary N) is 3. The summed E-state index contributed by atoms with van der Waals surface area (Å²) >= 11 is 0. The molecule has 1 aliphatic carbocycles. The normalized spacial score (nSPS) is 26.5. The van der Waals surface area contributed by atoms with Crippen molar-refractivity contribution < 1.29 is 9.59 Å². The first-order valence-corrected chi connectivity index (χ1v) is 8.28. The minimum atomic E-state index is 0. The zero-order chi connectivity index (χ0) is 15.4. The van der Waals surface area contributed by atoms with Crippen molar-refractivity contribution in [3.8, 4) is 0 Å². The molecule has 6 heteroatoms. The van der Waals surface area contributed by atoms with Crippen molar-refractivity contribution in [3.05, 3.63) is 0 Å². The second-order valence-corrected chi connectivity index (χ2v) is 6.94. The molecule has 3 unspecified atom stereocenters. The number of carbonyl (C=O) groups is 2. The summed E-state index contributed by atoms with van der Waals surface area (Å²) in [5.41, 5.74) is 0. The van der Waals surface area contributed by atoms with E-state index in [1.807, 2.05) is 20.8 Å². The fourth-order valence-electron chi connectivity index (χ4n) is 3.17. The lowest BCUT2D eigenvalue weighted by molar-refractivity contribution is -0.130. The zero-order valence-electron chi connectivity index (χ0n) is 13.9. The third-order valence-electron chi connectivity index (χ3n) is 4.76. The predicted octanol–water partition coefficient (Wildman–Crippen LogP) is 1.46. The molecule has 0 aromatic carbocycles. The van der Waals surface area contributed by atoms with Gasteiger partial charge in [0.05, 0.1) is 0 Å². The van der Waals surface area contributed by atoms with E-state index >= 15 is 0 Å². The summed E-state index contributed by atoms with van der Waals surface area (Å²) in [6.07, 6.45) is 3.72. The molecule has 5 nitrogen and oxygen atoms in total. The average molecular weight is 332 g/mol. The molecule has 1 saturated carbocycles. The Morgan fingerprint density at radius 1 is 1.14 bits per heavy atom. The summed E-state index contributed by atoms with van der Waals surface area (Å²) in [4.78, 5) is 24.4. The van der Waals surface area contributed by atoms with Crippen LogP contribution in [0.15, 0.2) is 0 Å². The molecule has 2 rings (SSSR count). The van der Waals surface area contributed by atoms with E-state index in [9.17, 15) is 9.59 Å². The van der Waals surface area contributed by atoms with Crippen LogP contribution in [-0.2, 0) is 9.59 Å². The van der Waals surface area contributed by atoms with Crippen LogP contribution < -0.4 is 16.0 Å². The van der Waals surface area contributed by atoms with Gasteiger partial charge in [0.15, 0.2) is 0 Å². The number of halogens is 1. The van der Waals surface area contributed by atoms with Crippen LogP contribution in [0.3, 0.4) is 0 Å². The van der Waals surface area contributed by atoms with Crippen LogP contribution in [-0.4, -0.2) is 37.0 Å². The van der Waals surface area contributed by atoms with Gasteiger partial charge in [0, 0.05) is 23.9 Å². The van der Waals surface area contributed by atoms with Gasteiger partial charge < -0.3 is 16.0 Å². The van der Waals surface area contributed by atoms with Crippen molar-refractivity contribution in [1.82, 2.24) is 16.0 Å². The quantitative estimate of drug-likeness (QED) is 0.714. The van der Waals surface area contributed by atoms with E-state index in [1.54, 1.807) is 0 Å². The van der Waals surface area contributed by atoms with Gasteiger partial charge in [-0.2, -0.15) is 0 Å². The van der Waals surface area contributed by atoms with Crippen LogP contribution in [0.25, 0.3) is 0 Å². The highest BCUT2D eigenvalue weighted by Crippen LogP contribution is 2.25. The molecule has 128 valence electrons. The zero-order valence-corrected chi connectivity index (χ0v) is 14.7. The van der Waals surface area contributed by atoms with E-state index in [4.69, 9.17) is 0 Å². The molecule has 1 saturated heterocycles. The van der Waals surface area contributed by atoms with Crippen molar-refractivity contribution >= 4 is 24.2 Å². The Hall–Kier alpha value is -0.810. The molecule has 3 N–H and O–H groups in total. The molecule has 1 aliphatic heterocycles. The van der Waals surface area contributed by atoms with E-state index in [-0.39, 0.29) is 48.1 Å². The summed E-state index contributed by atoms with van der Waals surface area (Å²) in [5.74, 6) is 0.869. The van der Waals surface area contributed by atoms with Gasteiger partial charge in [-0.05, 0) is 52.1 Å². The first-order chi connectivity index (χ1) is 9.97. The molecule has 2 aliphatic rings. The van der Waals surface area contributed by atoms with Gasteiger partial charge in [-0.15, -0.1) is 12.4 Å². The molecule has 0 aromatic heterocycles. The van der Waals surface area contributed by atoms with Crippen molar-refractivity contribution in [2.75, 3.05) is 13.1 Å². The Kier molecular flexibility index (Phi) is 7.63. The molecule has 0 radical (unpaired) electrons. The van der Waals surface area contributed by atoms with Gasteiger partial charge in [0.2, 0.25) is 11.8 Å². The van der Waals surface area contributed by atoms with E-state index in [1.165, 1.54) is 0 Å². The summed E-state index contributed by atoms with van der Waals surface area (Å²) in [6.45, 7) is 7.85. The van der Waals surface area contributed by atoms with E-state index in [0.29, 0.717) is 5.92 Å². The fourth-order valence-corrected chi connectivity index (χ4v) is 3.17. The van der Waals surface area contributed by atoms with Gasteiger partial charge in [0.25, 0.3) is 0 Å². The second kappa shape index (κ2) is 8.73. The van der Waals surface area contributed by atoms with Gasteiger partial charge >= 0.3 is 0 Å². The van der Waals surface area contributed by atoms with E-state index < -0.39 is 0 Å². The molecule has 0 spiro atoms.